The van der Waals surface area contributed by atoms with Gasteiger partial charge in [-0.15, -0.1) is 6.42 Å². The van der Waals surface area contributed by atoms with E-state index in [4.69, 9.17) is 21.2 Å². The van der Waals surface area contributed by atoms with E-state index in [1.165, 1.54) is 18.5 Å². The van der Waals surface area contributed by atoms with Crippen LogP contribution < -0.4 is 10.1 Å². The molecular weight excluding hydrogens is 401 g/mol. The van der Waals surface area contributed by atoms with Crippen LogP contribution in [0.5, 0.6) is 5.88 Å². The molecule has 160 valence electrons. The van der Waals surface area contributed by atoms with Crippen molar-refractivity contribution >= 4 is 17.6 Å². The van der Waals surface area contributed by atoms with Gasteiger partial charge in [-0.25, -0.2) is 19.2 Å². The van der Waals surface area contributed by atoms with Crippen LogP contribution in [0.25, 0.3) is 0 Å². The standard InChI is InChI=1S/C22H22FN5O3/c1-4-17-20(27-19-6-5-15(12-24)11-18(19)23)25-13-26-21(17)31-16-7-9-28(10-8-16)22(29)30-14(2)3/h1,5-6,11,13-14,16H,7-10H2,2-3H3,(H,25,26,27). The van der Waals surface area contributed by atoms with Gasteiger partial charge in [0.15, 0.2) is 5.82 Å². The van der Waals surface area contributed by atoms with E-state index >= 15 is 0 Å². The van der Waals surface area contributed by atoms with Crippen LogP contribution in [0.15, 0.2) is 24.5 Å². The predicted molar refractivity (Wildman–Crippen MR) is 111 cm³/mol. The molecule has 1 fully saturated rings. The SMILES string of the molecule is C#Cc1c(Nc2ccc(C#N)cc2F)ncnc1OC1CCN(C(=O)OC(C)C)CC1. The molecule has 1 aromatic carbocycles. The molecule has 8 nitrogen and oxygen atoms in total. The van der Waals surface area contributed by atoms with Gasteiger partial charge in [-0.2, -0.15) is 5.26 Å². The van der Waals surface area contributed by atoms with Gasteiger partial charge in [0.2, 0.25) is 5.88 Å². The van der Waals surface area contributed by atoms with E-state index in [0.717, 1.165) is 6.07 Å². The first-order chi connectivity index (χ1) is 14.9. The maximum atomic E-state index is 14.2. The van der Waals surface area contributed by atoms with E-state index in [1.54, 1.807) is 18.7 Å². The molecule has 31 heavy (non-hydrogen) atoms. The maximum absolute atomic E-state index is 14.2. The molecule has 1 N–H and O–H groups in total. The summed E-state index contributed by atoms with van der Waals surface area (Å²) in [6.07, 6.45) is 7.40. The Labute approximate surface area is 180 Å². The average molecular weight is 423 g/mol. The fourth-order valence-corrected chi connectivity index (χ4v) is 3.09. The normalized spacial score (nSPS) is 13.9. The van der Waals surface area contributed by atoms with Crippen LogP contribution >= 0.6 is 0 Å². The van der Waals surface area contributed by atoms with Gasteiger partial charge in [0.1, 0.15) is 23.8 Å². The van der Waals surface area contributed by atoms with Gasteiger partial charge in [-0.05, 0) is 32.0 Å². The first-order valence-electron chi connectivity index (χ1n) is 9.81. The highest BCUT2D eigenvalue weighted by Gasteiger charge is 2.26. The minimum atomic E-state index is -0.608. The number of carbonyl (C=O) groups is 1. The Morgan fingerprint density at radius 3 is 2.71 bits per heavy atom. The largest absolute Gasteiger partial charge is 0.473 e. The third-order valence-corrected chi connectivity index (χ3v) is 4.62. The number of amides is 1. The molecule has 1 amide bonds. The van der Waals surface area contributed by atoms with Gasteiger partial charge in [-0.3, -0.25) is 0 Å². The molecule has 0 bridgehead atoms. The van der Waals surface area contributed by atoms with Crippen molar-refractivity contribution in [2.75, 3.05) is 18.4 Å². The predicted octanol–water partition coefficient (Wildman–Crippen LogP) is 3.60. The fourth-order valence-electron chi connectivity index (χ4n) is 3.09. The van der Waals surface area contributed by atoms with Gasteiger partial charge >= 0.3 is 6.09 Å². The molecule has 1 aliphatic heterocycles. The molecule has 0 radical (unpaired) electrons. The van der Waals surface area contributed by atoms with Crippen molar-refractivity contribution in [3.8, 4) is 24.3 Å². The summed E-state index contributed by atoms with van der Waals surface area (Å²) in [5.74, 6) is 2.31. The van der Waals surface area contributed by atoms with Crippen LogP contribution in [-0.2, 0) is 4.74 Å². The number of nitrogens with one attached hydrogen (secondary N) is 1. The van der Waals surface area contributed by atoms with Crippen LogP contribution in [0.4, 0.5) is 20.7 Å². The number of aromatic nitrogens is 2. The van der Waals surface area contributed by atoms with Crippen LogP contribution in [-0.4, -0.2) is 46.3 Å². The monoisotopic (exact) mass is 423 g/mol. The van der Waals surface area contributed by atoms with Gasteiger partial charge in [0.25, 0.3) is 0 Å². The Balaban J connectivity index is 1.69. The summed E-state index contributed by atoms with van der Waals surface area (Å²) < 4.78 is 25.4. The van der Waals surface area contributed by atoms with E-state index in [1.807, 2.05) is 6.07 Å². The molecule has 9 heteroatoms. The number of nitrogens with zero attached hydrogens (tertiary/aromatic N) is 4. The number of nitriles is 1. The molecule has 0 unspecified atom stereocenters. The van der Waals surface area contributed by atoms with E-state index in [9.17, 15) is 9.18 Å². The second-order valence-corrected chi connectivity index (χ2v) is 7.21. The number of anilines is 2. The number of benzene rings is 1. The topological polar surface area (TPSA) is 100 Å². The Morgan fingerprint density at radius 2 is 2.10 bits per heavy atom. The summed E-state index contributed by atoms with van der Waals surface area (Å²) in [5.41, 5.74) is 0.584. The van der Waals surface area contributed by atoms with E-state index in [-0.39, 0.29) is 46.8 Å². The number of piperidine rings is 1. The summed E-state index contributed by atoms with van der Waals surface area (Å²) >= 11 is 0. The Hall–Kier alpha value is -3.85. The molecule has 0 aliphatic carbocycles. The second kappa shape index (κ2) is 9.77. The average Bonchev–Trinajstić information content (AvgIpc) is 2.75. The zero-order valence-corrected chi connectivity index (χ0v) is 17.3. The van der Waals surface area contributed by atoms with E-state index < -0.39 is 5.82 Å². The summed E-state index contributed by atoms with van der Waals surface area (Å²) in [6, 6.07) is 5.91. The van der Waals surface area contributed by atoms with Crippen molar-refractivity contribution in [3.05, 3.63) is 41.5 Å². The van der Waals surface area contributed by atoms with Crippen molar-refractivity contribution in [1.29, 1.82) is 5.26 Å². The summed E-state index contributed by atoms with van der Waals surface area (Å²) in [4.78, 5) is 21.9. The van der Waals surface area contributed by atoms with E-state index in [0.29, 0.717) is 25.9 Å². The first kappa shape index (κ1) is 21.8. The smallest absolute Gasteiger partial charge is 0.410 e. The highest BCUT2D eigenvalue weighted by Crippen LogP contribution is 2.28. The lowest BCUT2D eigenvalue weighted by atomic mass is 10.1. The molecule has 1 saturated heterocycles. The zero-order chi connectivity index (χ0) is 22.4. The molecule has 0 saturated carbocycles. The first-order valence-corrected chi connectivity index (χ1v) is 9.81. The van der Waals surface area contributed by atoms with Crippen LogP contribution in [0, 0.1) is 29.5 Å². The third kappa shape index (κ3) is 5.40. The summed E-state index contributed by atoms with van der Waals surface area (Å²) in [6.45, 7) is 4.60. The number of hydrogen-bond donors (Lipinski definition) is 1. The number of ether oxygens (including phenoxy) is 2. The highest BCUT2D eigenvalue weighted by atomic mass is 19.1. The van der Waals surface area contributed by atoms with Crippen molar-refractivity contribution in [2.24, 2.45) is 0 Å². The van der Waals surface area contributed by atoms with Crippen molar-refractivity contribution in [1.82, 2.24) is 14.9 Å². The number of halogens is 1. The Bertz CT molecular complexity index is 1040. The number of carbonyl (C=O) groups excluding carboxylic acids is 1. The third-order valence-electron chi connectivity index (χ3n) is 4.62. The van der Waals surface area contributed by atoms with Gasteiger partial charge in [0, 0.05) is 25.9 Å². The zero-order valence-electron chi connectivity index (χ0n) is 17.3. The minimum absolute atomic E-state index is 0.122. The fraction of sp³-hybridized carbons (Fsp3) is 0.364. The quantitative estimate of drug-likeness (QED) is 0.734. The van der Waals surface area contributed by atoms with Crippen LogP contribution in [0.2, 0.25) is 0 Å². The number of likely N-dealkylation sites (tertiary alicyclic amines) is 1. The number of rotatable bonds is 5. The van der Waals surface area contributed by atoms with E-state index in [2.05, 4.69) is 21.2 Å². The van der Waals surface area contributed by atoms with Crippen molar-refractivity contribution < 1.29 is 18.7 Å². The summed E-state index contributed by atoms with van der Waals surface area (Å²) in [5, 5.41) is 11.7. The van der Waals surface area contributed by atoms with Crippen LogP contribution in [0.3, 0.4) is 0 Å². The molecule has 0 atom stereocenters. The van der Waals surface area contributed by atoms with Gasteiger partial charge in [0.05, 0.1) is 23.4 Å². The van der Waals surface area contributed by atoms with Crippen molar-refractivity contribution in [2.45, 2.75) is 38.9 Å². The Kier molecular flexibility index (Phi) is 6.88. The molecule has 0 spiro atoms. The number of terminal acetylenes is 1. The molecule has 3 rings (SSSR count). The highest BCUT2D eigenvalue weighted by molar-refractivity contribution is 5.68. The van der Waals surface area contributed by atoms with Crippen molar-refractivity contribution in [3.63, 3.8) is 0 Å². The summed E-state index contributed by atoms with van der Waals surface area (Å²) in [7, 11) is 0. The van der Waals surface area contributed by atoms with Gasteiger partial charge < -0.3 is 19.7 Å². The minimum Gasteiger partial charge on any atom is -0.473 e. The Morgan fingerprint density at radius 1 is 1.35 bits per heavy atom. The molecule has 1 aromatic heterocycles. The molecule has 2 heterocycles. The van der Waals surface area contributed by atoms with Gasteiger partial charge in [-0.1, -0.05) is 5.92 Å². The lowest BCUT2D eigenvalue weighted by Gasteiger charge is -2.31. The maximum Gasteiger partial charge on any atom is 0.410 e. The van der Waals surface area contributed by atoms with Crippen LogP contribution in [0.1, 0.15) is 37.8 Å². The molecule has 1 aliphatic rings. The second-order valence-electron chi connectivity index (χ2n) is 7.21. The lowest BCUT2D eigenvalue weighted by Crippen LogP contribution is -2.42. The lowest BCUT2D eigenvalue weighted by molar-refractivity contribution is 0.0506. The molecule has 2 aromatic rings. The number of hydrogen-bond acceptors (Lipinski definition) is 7. The molecular formula is C22H22FN5O3.